The van der Waals surface area contributed by atoms with E-state index in [-0.39, 0.29) is 0 Å². The molecule has 0 saturated heterocycles. The van der Waals surface area contributed by atoms with E-state index < -0.39 is 0 Å². The number of hydrogen-bond donors (Lipinski definition) is 0. The van der Waals surface area contributed by atoms with E-state index in [1.165, 1.54) is 70.6 Å². The van der Waals surface area contributed by atoms with Crippen LogP contribution in [0.3, 0.4) is 0 Å². The molecular formula is C21H44N2. The van der Waals surface area contributed by atoms with Gasteiger partial charge >= 0.3 is 0 Å². The van der Waals surface area contributed by atoms with E-state index >= 15 is 0 Å². The van der Waals surface area contributed by atoms with E-state index in [0.717, 1.165) is 13.1 Å². The molecule has 0 atom stereocenters. The Morgan fingerprint density at radius 3 is 1.65 bits per heavy atom. The minimum absolute atomic E-state index is 0.581. The van der Waals surface area contributed by atoms with Gasteiger partial charge in [0.25, 0.3) is 0 Å². The highest BCUT2D eigenvalue weighted by Gasteiger charge is 2.15. The number of rotatable bonds is 16. The molecule has 0 aliphatic rings. The molecule has 0 aliphatic carbocycles. The van der Waals surface area contributed by atoms with Gasteiger partial charge in [-0.25, -0.2) is 0 Å². The molecule has 0 heterocycles. The standard InChI is InChI=1S/C21H44N2/c1-6-9-10-11-12-13-14-15-16-17-18-19-20-21(22(4)7-2)23(5)8-3/h17-18,21H,6-16,19-20H2,1-5H3. The summed E-state index contributed by atoms with van der Waals surface area (Å²) in [6, 6.07) is 0. The normalized spacial score (nSPS) is 12.3. The van der Waals surface area contributed by atoms with Gasteiger partial charge in [-0.1, -0.05) is 77.9 Å². The first kappa shape index (κ1) is 22.7. The smallest absolute Gasteiger partial charge is 0.0620 e. The zero-order chi connectivity index (χ0) is 17.3. The monoisotopic (exact) mass is 324 g/mol. The SMILES string of the molecule is CCCCCCCCCCC=CCCC(N(C)CC)N(C)CC. The molecule has 23 heavy (non-hydrogen) atoms. The molecule has 0 rings (SSSR count). The van der Waals surface area contributed by atoms with Crippen LogP contribution in [0, 0.1) is 0 Å². The third-order valence-corrected chi connectivity index (χ3v) is 5.00. The van der Waals surface area contributed by atoms with Gasteiger partial charge in [0.05, 0.1) is 6.17 Å². The van der Waals surface area contributed by atoms with Crippen LogP contribution in [0.1, 0.15) is 91.4 Å². The van der Waals surface area contributed by atoms with Crippen LogP contribution in [0.4, 0.5) is 0 Å². The first-order valence-corrected chi connectivity index (χ1v) is 10.2. The molecule has 0 aliphatic heterocycles. The number of hydrogen-bond acceptors (Lipinski definition) is 2. The van der Waals surface area contributed by atoms with Gasteiger partial charge in [0.2, 0.25) is 0 Å². The Hall–Kier alpha value is -0.340. The molecule has 138 valence electrons. The third kappa shape index (κ3) is 12.7. The third-order valence-electron chi connectivity index (χ3n) is 5.00. The summed E-state index contributed by atoms with van der Waals surface area (Å²) in [6.45, 7) is 9.02. The molecule has 0 aromatic heterocycles. The molecule has 0 saturated carbocycles. The molecule has 0 bridgehead atoms. The maximum Gasteiger partial charge on any atom is 0.0620 e. The van der Waals surface area contributed by atoms with Gasteiger partial charge < -0.3 is 0 Å². The molecule has 0 spiro atoms. The Balaban J connectivity index is 3.61. The van der Waals surface area contributed by atoms with Gasteiger partial charge in [0.1, 0.15) is 0 Å². The first-order chi connectivity index (χ1) is 11.2. The van der Waals surface area contributed by atoms with Crippen molar-refractivity contribution in [1.82, 2.24) is 9.80 Å². The first-order valence-electron chi connectivity index (χ1n) is 10.2. The van der Waals surface area contributed by atoms with Crippen molar-refractivity contribution in [3.63, 3.8) is 0 Å². The minimum Gasteiger partial charge on any atom is -0.291 e. The Kier molecular flexibility index (Phi) is 16.3. The highest BCUT2D eigenvalue weighted by Crippen LogP contribution is 2.12. The Morgan fingerprint density at radius 1 is 0.652 bits per heavy atom. The Labute approximate surface area is 147 Å². The van der Waals surface area contributed by atoms with Crippen LogP contribution >= 0.6 is 0 Å². The second-order valence-corrected chi connectivity index (χ2v) is 6.94. The molecule has 0 aromatic rings. The zero-order valence-corrected chi connectivity index (χ0v) is 16.8. The van der Waals surface area contributed by atoms with Crippen molar-refractivity contribution in [3.05, 3.63) is 12.2 Å². The quantitative estimate of drug-likeness (QED) is 0.193. The molecule has 0 fully saturated rings. The highest BCUT2D eigenvalue weighted by molar-refractivity contribution is 4.83. The summed E-state index contributed by atoms with van der Waals surface area (Å²) in [5.74, 6) is 0. The molecule has 0 N–H and O–H groups in total. The largest absolute Gasteiger partial charge is 0.291 e. The fourth-order valence-corrected chi connectivity index (χ4v) is 3.08. The predicted molar refractivity (Wildman–Crippen MR) is 106 cm³/mol. The lowest BCUT2D eigenvalue weighted by Gasteiger charge is -2.34. The minimum atomic E-state index is 0.581. The van der Waals surface area contributed by atoms with E-state index in [1.54, 1.807) is 0 Å². The van der Waals surface area contributed by atoms with Crippen molar-refractivity contribution in [2.75, 3.05) is 27.2 Å². The maximum atomic E-state index is 2.45. The maximum absolute atomic E-state index is 2.45. The number of allylic oxidation sites excluding steroid dienone is 2. The van der Waals surface area contributed by atoms with Crippen LogP contribution < -0.4 is 0 Å². The summed E-state index contributed by atoms with van der Waals surface area (Å²) in [6.07, 6.45) is 20.4. The summed E-state index contributed by atoms with van der Waals surface area (Å²) in [4.78, 5) is 4.91. The van der Waals surface area contributed by atoms with Crippen molar-refractivity contribution in [2.24, 2.45) is 0 Å². The second-order valence-electron chi connectivity index (χ2n) is 6.94. The van der Waals surface area contributed by atoms with E-state index in [4.69, 9.17) is 0 Å². The van der Waals surface area contributed by atoms with E-state index in [0.29, 0.717) is 6.17 Å². The Bertz CT molecular complexity index is 253. The van der Waals surface area contributed by atoms with E-state index in [9.17, 15) is 0 Å². The molecule has 0 aromatic carbocycles. The average Bonchev–Trinajstić information content (AvgIpc) is 2.57. The van der Waals surface area contributed by atoms with Crippen molar-refractivity contribution in [1.29, 1.82) is 0 Å². The van der Waals surface area contributed by atoms with Gasteiger partial charge in [0, 0.05) is 0 Å². The molecule has 2 nitrogen and oxygen atoms in total. The molecule has 0 amide bonds. The fraction of sp³-hybridized carbons (Fsp3) is 0.905. The van der Waals surface area contributed by atoms with Crippen LogP contribution in [-0.2, 0) is 0 Å². The summed E-state index contributed by atoms with van der Waals surface area (Å²) in [5.41, 5.74) is 0. The van der Waals surface area contributed by atoms with E-state index in [2.05, 4.69) is 56.8 Å². The van der Waals surface area contributed by atoms with Gasteiger partial charge in [-0.15, -0.1) is 0 Å². The summed E-state index contributed by atoms with van der Waals surface area (Å²) >= 11 is 0. The van der Waals surface area contributed by atoms with Gasteiger partial charge in [-0.2, -0.15) is 0 Å². The van der Waals surface area contributed by atoms with Crippen molar-refractivity contribution >= 4 is 0 Å². The molecule has 0 radical (unpaired) electrons. The highest BCUT2D eigenvalue weighted by atomic mass is 15.3. The number of nitrogens with zero attached hydrogens (tertiary/aromatic N) is 2. The van der Waals surface area contributed by atoms with Gasteiger partial charge in [-0.05, 0) is 52.9 Å². The van der Waals surface area contributed by atoms with Crippen LogP contribution in [0.5, 0.6) is 0 Å². The molecular weight excluding hydrogens is 280 g/mol. The van der Waals surface area contributed by atoms with E-state index in [1.807, 2.05) is 0 Å². The van der Waals surface area contributed by atoms with Crippen molar-refractivity contribution in [3.8, 4) is 0 Å². The molecule has 0 unspecified atom stereocenters. The second kappa shape index (κ2) is 16.5. The van der Waals surface area contributed by atoms with Crippen LogP contribution in [0.25, 0.3) is 0 Å². The fourth-order valence-electron chi connectivity index (χ4n) is 3.08. The van der Waals surface area contributed by atoms with Crippen LogP contribution in [-0.4, -0.2) is 43.2 Å². The molecule has 2 heteroatoms. The number of unbranched alkanes of at least 4 members (excludes halogenated alkanes) is 8. The van der Waals surface area contributed by atoms with Crippen molar-refractivity contribution < 1.29 is 0 Å². The van der Waals surface area contributed by atoms with Crippen LogP contribution in [0.2, 0.25) is 0 Å². The average molecular weight is 325 g/mol. The Morgan fingerprint density at radius 2 is 1.13 bits per heavy atom. The lowest BCUT2D eigenvalue weighted by molar-refractivity contribution is 0.0848. The van der Waals surface area contributed by atoms with Crippen LogP contribution in [0.15, 0.2) is 12.2 Å². The van der Waals surface area contributed by atoms with Gasteiger partial charge in [-0.3, -0.25) is 9.80 Å². The van der Waals surface area contributed by atoms with Crippen molar-refractivity contribution in [2.45, 2.75) is 97.6 Å². The summed E-state index contributed by atoms with van der Waals surface area (Å²) in [5, 5.41) is 0. The summed E-state index contributed by atoms with van der Waals surface area (Å²) < 4.78 is 0. The summed E-state index contributed by atoms with van der Waals surface area (Å²) in [7, 11) is 4.47. The predicted octanol–water partition coefficient (Wildman–Crippen LogP) is 6.08. The lowest BCUT2D eigenvalue weighted by atomic mass is 10.1. The lowest BCUT2D eigenvalue weighted by Crippen LogP contribution is -2.44. The topological polar surface area (TPSA) is 6.48 Å². The van der Waals surface area contributed by atoms with Gasteiger partial charge in [0.15, 0.2) is 0 Å². The zero-order valence-electron chi connectivity index (χ0n) is 16.8.